The lowest BCUT2D eigenvalue weighted by molar-refractivity contribution is -0.124. The van der Waals surface area contributed by atoms with Gasteiger partial charge in [0.1, 0.15) is 5.75 Å². The Kier molecular flexibility index (Phi) is 3.57. The number of urea groups is 1. The van der Waals surface area contributed by atoms with Gasteiger partial charge in [0.05, 0.1) is 13.7 Å². The smallest absolute Gasteiger partial charge is 0.322 e. The fraction of sp³-hybridized carbons (Fsp3) is 0.158. The highest BCUT2D eigenvalue weighted by Gasteiger charge is 2.48. The first-order valence-electron chi connectivity index (χ1n) is 8.08. The molecule has 7 nitrogen and oxygen atoms in total. The van der Waals surface area contributed by atoms with E-state index in [1.54, 1.807) is 60.3 Å². The first-order chi connectivity index (χ1) is 12.5. The van der Waals surface area contributed by atoms with Crippen LogP contribution < -0.4 is 15.4 Å². The summed E-state index contributed by atoms with van der Waals surface area (Å²) in [5, 5.41) is 17.0. The van der Waals surface area contributed by atoms with Crippen LogP contribution in [0.4, 0.5) is 4.79 Å². The molecule has 1 aromatic heterocycles. The van der Waals surface area contributed by atoms with E-state index in [1.807, 2.05) is 6.07 Å². The molecule has 3 aromatic rings. The van der Waals surface area contributed by atoms with Gasteiger partial charge in [0, 0.05) is 17.0 Å². The summed E-state index contributed by atoms with van der Waals surface area (Å²) in [7, 11) is 1.57. The minimum absolute atomic E-state index is 0.0203. The number of nitrogens with one attached hydrogen (secondary N) is 2. The third-order valence-corrected chi connectivity index (χ3v) is 4.68. The molecule has 1 atom stereocenters. The Hall–Kier alpha value is -3.48. The van der Waals surface area contributed by atoms with E-state index in [0.29, 0.717) is 16.7 Å². The Morgan fingerprint density at radius 2 is 1.92 bits per heavy atom. The molecule has 4 rings (SSSR count). The Labute approximate surface area is 149 Å². The van der Waals surface area contributed by atoms with Crippen molar-refractivity contribution in [3.63, 3.8) is 0 Å². The minimum atomic E-state index is -1.30. The van der Waals surface area contributed by atoms with Crippen molar-refractivity contribution < 1.29 is 19.4 Å². The fourth-order valence-corrected chi connectivity index (χ4v) is 3.36. The van der Waals surface area contributed by atoms with E-state index in [0.717, 1.165) is 5.39 Å². The van der Waals surface area contributed by atoms with Gasteiger partial charge in [0.25, 0.3) is 5.91 Å². The molecule has 7 heteroatoms. The fourth-order valence-electron chi connectivity index (χ4n) is 3.36. The molecule has 0 unspecified atom stereocenters. The highest BCUT2D eigenvalue weighted by molar-refractivity contribution is 6.07. The molecule has 0 aliphatic carbocycles. The monoisotopic (exact) mass is 351 g/mol. The predicted octanol–water partition coefficient (Wildman–Crippen LogP) is 2.09. The summed E-state index contributed by atoms with van der Waals surface area (Å²) < 4.78 is 6.77. The number of ether oxygens (including phenoxy) is 1. The maximum Gasteiger partial charge on any atom is 0.322 e. The van der Waals surface area contributed by atoms with Gasteiger partial charge in [-0.1, -0.05) is 30.3 Å². The van der Waals surface area contributed by atoms with Crippen LogP contribution >= 0.6 is 0 Å². The van der Waals surface area contributed by atoms with Crippen LogP contribution in [-0.4, -0.2) is 28.7 Å². The van der Waals surface area contributed by atoms with Crippen molar-refractivity contribution >= 4 is 22.7 Å². The number of carbonyl (C=O) groups is 2. The number of benzene rings is 2. The number of amides is 3. The number of hydrogen-bond donors (Lipinski definition) is 3. The van der Waals surface area contributed by atoms with Crippen molar-refractivity contribution in [2.45, 2.75) is 12.1 Å². The van der Waals surface area contributed by atoms with Gasteiger partial charge in [0.2, 0.25) is 0 Å². The van der Waals surface area contributed by atoms with E-state index in [-0.39, 0.29) is 12.4 Å². The molecule has 1 saturated heterocycles. The number of nitrogens with zero attached hydrogens (tertiary/aromatic N) is 1. The molecule has 1 aliphatic heterocycles. The van der Waals surface area contributed by atoms with Gasteiger partial charge in [-0.05, 0) is 23.8 Å². The second-order valence-electron chi connectivity index (χ2n) is 6.21. The molecule has 26 heavy (non-hydrogen) atoms. The zero-order valence-corrected chi connectivity index (χ0v) is 14.0. The Balaban J connectivity index is 1.82. The van der Waals surface area contributed by atoms with E-state index >= 15 is 0 Å². The maximum atomic E-state index is 12.6. The number of aromatic nitrogens is 1. The van der Waals surface area contributed by atoms with Crippen LogP contribution in [-0.2, 0) is 16.9 Å². The quantitative estimate of drug-likeness (QED) is 0.628. The lowest BCUT2D eigenvalue weighted by Crippen LogP contribution is -2.47. The normalized spacial score (nSPS) is 19.4. The van der Waals surface area contributed by atoms with Crippen LogP contribution in [0.1, 0.15) is 5.56 Å². The largest absolute Gasteiger partial charge is 0.497 e. The SMILES string of the molecule is COc1ccc2c(O)n(C[C@@]3(c4ccccc4)NC(=O)NC3=O)cc2c1. The summed E-state index contributed by atoms with van der Waals surface area (Å²) in [6.45, 7) is 0.0530. The summed E-state index contributed by atoms with van der Waals surface area (Å²) in [5.74, 6) is 0.231. The molecule has 1 fully saturated rings. The lowest BCUT2D eigenvalue weighted by Gasteiger charge is -2.27. The molecule has 132 valence electrons. The third kappa shape index (κ3) is 2.36. The average molecular weight is 351 g/mol. The first-order valence-corrected chi connectivity index (χ1v) is 8.08. The van der Waals surface area contributed by atoms with Crippen LogP contribution in [0.15, 0.2) is 54.7 Å². The number of hydrogen-bond acceptors (Lipinski definition) is 4. The predicted molar refractivity (Wildman–Crippen MR) is 94.9 cm³/mol. The number of aromatic hydroxyl groups is 1. The Morgan fingerprint density at radius 1 is 1.15 bits per heavy atom. The molecular formula is C19H17N3O4. The summed E-state index contributed by atoms with van der Waals surface area (Å²) in [4.78, 5) is 24.5. The van der Waals surface area contributed by atoms with Crippen LogP contribution in [0.25, 0.3) is 10.8 Å². The average Bonchev–Trinajstić information content (AvgIpc) is 3.12. The van der Waals surface area contributed by atoms with Crippen LogP contribution in [0.5, 0.6) is 11.6 Å². The number of methoxy groups -OCH3 is 1. The van der Waals surface area contributed by atoms with Crippen molar-refractivity contribution in [2.24, 2.45) is 0 Å². The van der Waals surface area contributed by atoms with Gasteiger partial charge in [-0.2, -0.15) is 0 Å². The van der Waals surface area contributed by atoms with E-state index in [4.69, 9.17) is 4.74 Å². The van der Waals surface area contributed by atoms with Gasteiger partial charge < -0.3 is 19.7 Å². The van der Waals surface area contributed by atoms with Crippen molar-refractivity contribution in [1.82, 2.24) is 15.2 Å². The number of carbonyl (C=O) groups excluding carboxylic acids is 2. The molecule has 3 amide bonds. The van der Waals surface area contributed by atoms with E-state index in [2.05, 4.69) is 10.6 Å². The van der Waals surface area contributed by atoms with E-state index in [1.165, 1.54) is 0 Å². The van der Waals surface area contributed by atoms with E-state index < -0.39 is 17.5 Å². The van der Waals surface area contributed by atoms with Crippen LogP contribution in [0, 0.1) is 0 Å². The van der Waals surface area contributed by atoms with Crippen molar-refractivity contribution in [3.05, 3.63) is 60.3 Å². The Morgan fingerprint density at radius 3 is 2.58 bits per heavy atom. The number of rotatable bonds is 4. The maximum absolute atomic E-state index is 12.6. The molecule has 0 saturated carbocycles. The molecule has 0 spiro atoms. The molecule has 3 N–H and O–H groups in total. The zero-order valence-electron chi connectivity index (χ0n) is 14.0. The lowest BCUT2D eigenvalue weighted by atomic mass is 9.90. The highest BCUT2D eigenvalue weighted by atomic mass is 16.5. The minimum Gasteiger partial charge on any atom is -0.497 e. The number of fused-ring (bicyclic) bond motifs is 1. The molecular weight excluding hydrogens is 334 g/mol. The van der Waals surface area contributed by atoms with Crippen LogP contribution in [0.2, 0.25) is 0 Å². The summed E-state index contributed by atoms with van der Waals surface area (Å²) >= 11 is 0. The molecule has 2 aromatic carbocycles. The molecule has 1 aliphatic rings. The zero-order chi connectivity index (χ0) is 18.3. The third-order valence-electron chi connectivity index (χ3n) is 4.68. The van der Waals surface area contributed by atoms with E-state index in [9.17, 15) is 14.7 Å². The van der Waals surface area contributed by atoms with Gasteiger partial charge in [-0.25, -0.2) is 4.79 Å². The second-order valence-corrected chi connectivity index (χ2v) is 6.21. The van der Waals surface area contributed by atoms with Crippen LogP contribution in [0.3, 0.4) is 0 Å². The number of imide groups is 1. The van der Waals surface area contributed by atoms with Gasteiger partial charge in [-0.3, -0.25) is 10.1 Å². The summed E-state index contributed by atoms with van der Waals surface area (Å²) in [6.07, 6.45) is 1.73. The summed E-state index contributed by atoms with van der Waals surface area (Å²) in [5.41, 5.74) is -0.660. The highest BCUT2D eigenvalue weighted by Crippen LogP contribution is 2.34. The molecule has 2 heterocycles. The molecule has 0 bridgehead atoms. The standard InChI is InChI=1S/C19H17N3O4/c1-26-14-7-8-15-12(9-14)10-22(16(15)23)11-19(13-5-3-2-4-6-13)17(24)20-18(25)21-19/h2-10,23H,11H2,1H3,(H2,20,21,24,25)/t19-/m0/s1. The van der Waals surface area contributed by atoms with Crippen molar-refractivity contribution in [2.75, 3.05) is 7.11 Å². The van der Waals surface area contributed by atoms with Gasteiger partial charge >= 0.3 is 6.03 Å². The summed E-state index contributed by atoms with van der Waals surface area (Å²) in [6, 6.07) is 13.7. The van der Waals surface area contributed by atoms with Crippen molar-refractivity contribution in [1.29, 1.82) is 0 Å². The topological polar surface area (TPSA) is 92.6 Å². The first kappa shape index (κ1) is 16.0. The van der Waals surface area contributed by atoms with Crippen molar-refractivity contribution in [3.8, 4) is 11.6 Å². The second kappa shape index (κ2) is 5.80. The van der Waals surface area contributed by atoms with Gasteiger partial charge in [-0.15, -0.1) is 0 Å². The molecule has 0 radical (unpaired) electrons. The Bertz CT molecular complexity index is 1010. The van der Waals surface area contributed by atoms with Gasteiger partial charge in [0.15, 0.2) is 11.4 Å².